The second kappa shape index (κ2) is 6.05. The molecule has 0 saturated carbocycles. The lowest BCUT2D eigenvalue weighted by molar-refractivity contribution is -0.138. The van der Waals surface area contributed by atoms with E-state index in [4.69, 9.17) is 10.5 Å². The Kier molecular flexibility index (Phi) is 4.18. The van der Waals surface area contributed by atoms with Crippen molar-refractivity contribution in [2.75, 3.05) is 5.73 Å². The molecule has 0 aromatic heterocycles. The van der Waals surface area contributed by atoms with Gasteiger partial charge in [-0.2, -0.15) is 0 Å². The lowest BCUT2D eigenvalue weighted by Crippen LogP contribution is -2.19. The van der Waals surface area contributed by atoms with Gasteiger partial charge in [-0.05, 0) is 36.2 Å². The summed E-state index contributed by atoms with van der Waals surface area (Å²) in [6.45, 7) is 1.86. The van der Waals surface area contributed by atoms with Crippen molar-refractivity contribution in [3.8, 4) is 5.75 Å². The average molecular weight is 255 g/mol. The van der Waals surface area contributed by atoms with Crippen molar-refractivity contribution in [1.82, 2.24) is 0 Å². The molecule has 0 radical (unpaired) electrons. The molecule has 1 atom stereocenters. The zero-order chi connectivity index (χ0) is 13.7. The molecule has 0 heterocycles. The third kappa shape index (κ3) is 3.85. The summed E-state index contributed by atoms with van der Waals surface area (Å²) in [7, 11) is 0. The zero-order valence-electron chi connectivity index (χ0n) is 10.9. The molecule has 0 amide bonds. The lowest BCUT2D eigenvalue weighted by Gasteiger charge is -2.11. The first-order valence-corrected chi connectivity index (χ1v) is 6.26. The van der Waals surface area contributed by atoms with Crippen LogP contribution in [0.1, 0.15) is 12.5 Å². The Morgan fingerprint density at radius 3 is 2.37 bits per heavy atom. The topological polar surface area (TPSA) is 52.3 Å². The molecule has 2 rings (SSSR count). The van der Waals surface area contributed by atoms with Crippen molar-refractivity contribution in [3.63, 3.8) is 0 Å². The van der Waals surface area contributed by atoms with Crippen molar-refractivity contribution >= 4 is 11.7 Å². The highest BCUT2D eigenvalue weighted by atomic mass is 16.5. The fraction of sp³-hybridized carbons (Fsp3) is 0.188. The van der Waals surface area contributed by atoms with E-state index >= 15 is 0 Å². The Bertz CT molecular complexity index is 534. The Morgan fingerprint density at radius 1 is 1.11 bits per heavy atom. The quantitative estimate of drug-likeness (QED) is 0.519. The minimum absolute atomic E-state index is 0.191. The third-order valence-electron chi connectivity index (χ3n) is 2.89. The van der Waals surface area contributed by atoms with Gasteiger partial charge in [0.2, 0.25) is 0 Å². The number of carbonyl (C=O) groups is 1. The number of esters is 1. The molecule has 3 nitrogen and oxygen atoms in total. The van der Waals surface area contributed by atoms with Gasteiger partial charge in [0.1, 0.15) is 5.75 Å². The van der Waals surface area contributed by atoms with Crippen LogP contribution in [0.5, 0.6) is 5.75 Å². The zero-order valence-corrected chi connectivity index (χ0v) is 10.9. The molecule has 3 heteroatoms. The summed E-state index contributed by atoms with van der Waals surface area (Å²) in [6.07, 6.45) is 0.645. The Balaban J connectivity index is 1.94. The van der Waals surface area contributed by atoms with Crippen LogP contribution >= 0.6 is 0 Å². The van der Waals surface area contributed by atoms with Crippen LogP contribution < -0.4 is 10.5 Å². The highest BCUT2D eigenvalue weighted by Crippen LogP contribution is 2.15. The highest BCUT2D eigenvalue weighted by molar-refractivity contribution is 5.75. The van der Waals surface area contributed by atoms with Crippen molar-refractivity contribution in [1.29, 1.82) is 0 Å². The van der Waals surface area contributed by atoms with Crippen molar-refractivity contribution in [2.45, 2.75) is 13.3 Å². The van der Waals surface area contributed by atoms with E-state index in [1.807, 2.05) is 49.4 Å². The summed E-state index contributed by atoms with van der Waals surface area (Å²) < 4.78 is 5.31. The molecule has 2 aromatic rings. The predicted octanol–water partition coefficient (Wildman–Crippen LogP) is 3.05. The number of rotatable bonds is 4. The standard InChI is InChI=1S/C16H17NO2/c1-12(11-13-7-9-14(17)10-8-13)16(18)19-15-5-3-2-4-6-15/h2-10,12H,11,17H2,1H3. The van der Waals surface area contributed by atoms with Gasteiger partial charge in [0.15, 0.2) is 0 Å². The van der Waals surface area contributed by atoms with Crippen LogP contribution in [0.4, 0.5) is 5.69 Å². The van der Waals surface area contributed by atoms with Crippen molar-refractivity contribution in [3.05, 3.63) is 60.2 Å². The van der Waals surface area contributed by atoms with E-state index in [0.717, 1.165) is 11.3 Å². The summed E-state index contributed by atoms with van der Waals surface area (Å²) in [5.74, 6) is 0.170. The van der Waals surface area contributed by atoms with Crippen LogP contribution in [0, 0.1) is 5.92 Å². The summed E-state index contributed by atoms with van der Waals surface area (Å²) in [6, 6.07) is 16.6. The minimum atomic E-state index is -0.219. The first kappa shape index (κ1) is 13.1. The van der Waals surface area contributed by atoms with E-state index in [1.54, 1.807) is 12.1 Å². The van der Waals surface area contributed by atoms with Crippen LogP contribution in [0.3, 0.4) is 0 Å². The van der Waals surface area contributed by atoms with Gasteiger partial charge in [-0.1, -0.05) is 37.3 Å². The SMILES string of the molecule is CC(Cc1ccc(N)cc1)C(=O)Oc1ccccc1. The minimum Gasteiger partial charge on any atom is -0.426 e. The van der Waals surface area contributed by atoms with Gasteiger partial charge in [0.05, 0.1) is 5.92 Å². The number of carbonyl (C=O) groups excluding carboxylic acids is 1. The number of para-hydroxylation sites is 1. The van der Waals surface area contributed by atoms with Gasteiger partial charge >= 0.3 is 5.97 Å². The van der Waals surface area contributed by atoms with E-state index in [-0.39, 0.29) is 11.9 Å². The van der Waals surface area contributed by atoms with Gasteiger partial charge < -0.3 is 10.5 Å². The number of benzene rings is 2. The third-order valence-corrected chi connectivity index (χ3v) is 2.89. The fourth-order valence-corrected chi connectivity index (χ4v) is 1.80. The van der Waals surface area contributed by atoms with Gasteiger partial charge in [0.25, 0.3) is 0 Å². The molecule has 0 bridgehead atoms. The maximum atomic E-state index is 11.9. The van der Waals surface area contributed by atoms with E-state index < -0.39 is 0 Å². The van der Waals surface area contributed by atoms with Crippen molar-refractivity contribution in [2.24, 2.45) is 5.92 Å². The highest BCUT2D eigenvalue weighted by Gasteiger charge is 2.15. The number of anilines is 1. The summed E-state index contributed by atoms with van der Waals surface area (Å²) in [4.78, 5) is 11.9. The van der Waals surface area contributed by atoms with Gasteiger partial charge in [-0.25, -0.2) is 0 Å². The van der Waals surface area contributed by atoms with Crippen molar-refractivity contribution < 1.29 is 9.53 Å². The van der Waals surface area contributed by atoms with Gasteiger partial charge in [-0.15, -0.1) is 0 Å². The molecule has 2 N–H and O–H groups in total. The predicted molar refractivity (Wildman–Crippen MR) is 75.8 cm³/mol. The maximum absolute atomic E-state index is 11.9. The second-order valence-electron chi connectivity index (χ2n) is 4.58. The molecule has 0 saturated heterocycles. The molecule has 2 aromatic carbocycles. The maximum Gasteiger partial charge on any atom is 0.314 e. The van der Waals surface area contributed by atoms with Gasteiger partial charge in [0, 0.05) is 5.69 Å². The molecule has 1 unspecified atom stereocenters. The lowest BCUT2D eigenvalue weighted by atomic mass is 10.0. The van der Waals surface area contributed by atoms with Crippen LogP contribution in [0.15, 0.2) is 54.6 Å². The van der Waals surface area contributed by atoms with Crippen LogP contribution in [-0.4, -0.2) is 5.97 Å². The molecule has 0 spiro atoms. The summed E-state index contributed by atoms with van der Waals surface area (Å²) in [5.41, 5.74) is 7.43. The summed E-state index contributed by atoms with van der Waals surface area (Å²) >= 11 is 0. The molecule has 0 fully saturated rings. The fourth-order valence-electron chi connectivity index (χ4n) is 1.80. The molecule has 19 heavy (non-hydrogen) atoms. The molecule has 0 aliphatic carbocycles. The van der Waals surface area contributed by atoms with E-state index in [1.165, 1.54) is 0 Å². The largest absolute Gasteiger partial charge is 0.426 e. The molecular formula is C16H17NO2. The number of nitrogen functional groups attached to an aromatic ring is 1. The molecule has 0 aliphatic heterocycles. The average Bonchev–Trinajstić information content (AvgIpc) is 2.42. The number of hydrogen-bond donors (Lipinski definition) is 1. The first-order valence-electron chi connectivity index (χ1n) is 6.26. The first-order chi connectivity index (χ1) is 9.15. The van der Waals surface area contributed by atoms with Crippen LogP contribution in [0.25, 0.3) is 0 Å². The van der Waals surface area contributed by atoms with Gasteiger partial charge in [-0.3, -0.25) is 4.79 Å². The number of nitrogens with two attached hydrogens (primary N) is 1. The molecule has 98 valence electrons. The Hall–Kier alpha value is -2.29. The number of hydrogen-bond acceptors (Lipinski definition) is 3. The van der Waals surface area contributed by atoms with E-state index in [0.29, 0.717) is 12.2 Å². The van der Waals surface area contributed by atoms with E-state index in [9.17, 15) is 4.79 Å². The Labute approximate surface area is 113 Å². The van der Waals surface area contributed by atoms with E-state index in [2.05, 4.69) is 0 Å². The molecular weight excluding hydrogens is 238 g/mol. The summed E-state index contributed by atoms with van der Waals surface area (Å²) in [5, 5.41) is 0. The van der Waals surface area contributed by atoms with Crippen LogP contribution in [-0.2, 0) is 11.2 Å². The second-order valence-corrected chi connectivity index (χ2v) is 4.58. The smallest absolute Gasteiger partial charge is 0.314 e. The monoisotopic (exact) mass is 255 g/mol. The normalized spacial score (nSPS) is 11.8. The number of ether oxygens (including phenoxy) is 1. The Morgan fingerprint density at radius 2 is 1.74 bits per heavy atom. The molecule has 0 aliphatic rings. The van der Waals surface area contributed by atoms with Crippen LogP contribution in [0.2, 0.25) is 0 Å².